The zero-order chi connectivity index (χ0) is 45.0. The number of rotatable bonds is 0. The van der Waals surface area contributed by atoms with Crippen molar-refractivity contribution in [3.05, 3.63) is 0 Å². The van der Waals surface area contributed by atoms with E-state index in [-0.39, 0.29) is 189 Å². The van der Waals surface area contributed by atoms with Crippen LogP contribution in [0, 0.1) is 0 Å². The van der Waals surface area contributed by atoms with E-state index in [0.717, 1.165) is 0 Å². The Morgan fingerprint density at radius 2 is 0.153 bits per heavy atom. The average molecular weight is 1890 g/mol. The van der Waals surface area contributed by atoms with Gasteiger partial charge >= 0.3 is 189 Å². The molecular formula is Fe3O40P10Pb3V3. The van der Waals surface area contributed by atoms with Crippen LogP contribution in [-0.2, 0) is 153 Å². The maximum Gasteiger partial charge on any atom is 5.00 e. The molecule has 59 heavy (non-hydrogen) atoms. The van der Waals surface area contributed by atoms with E-state index in [4.69, 9.17) is 192 Å². The fourth-order valence-corrected chi connectivity index (χ4v) is 0. The first-order chi connectivity index (χ1) is 20.0. The zero-order valence-corrected chi connectivity index (χ0v) is 52.8. The van der Waals surface area contributed by atoms with Crippen molar-refractivity contribution in [2.75, 3.05) is 0 Å². The predicted molar refractivity (Wildman–Crippen MR) is 93.3 cm³/mol. The van der Waals surface area contributed by atoms with Crippen LogP contribution < -0.4 is 147 Å². The summed E-state index contributed by atoms with van der Waals surface area (Å²) in [6.07, 6.45) is 0. The molecule has 0 atom stereocenters. The Hall–Kier alpha value is 7.18. The normalized spacial score (nSPS) is 10.0. The monoisotopic (exact) mass is 1890 g/mol. The summed E-state index contributed by atoms with van der Waals surface area (Å²) < 4.78 is 85.5. The molecule has 0 aliphatic rings. The molecule has 0 saturated carbocycles. The van der Waals surface area contributed by atoms with E-state index in [9.17, 15) is 0 Å². The molecule has 0 aromatic heterocycles. The molecule has 0 fully saturated rings. The van der Waals surface area contributed by atoms with Gasteiger partial charge in [0.05, 0.1) is 0 Å². The van der Waals surface area contributed by atoms with Crippen LogP contribution in [0.1, 0.15) is 0 Å². The second-order valence-corrected chi connectivity index (χ2v) is 13.4. The van der Waals surface area contributed by atoms with E-state index in [1.54, 1.807) is 0 Å². The second kappa shape index (κ2) is 59.5. The van der Waals surface area contributed by atoms with Crippen molar-refractivity contribution in [1.82, 2.24) is 0 Å². The van der Waals surface area contributed by atoms with E-state index in [1.807, 2.05) is 0 Å². The summed E-state index contributed by atoms with van der Waals surface area (Å²) in [5, 5.41) is 0. The van der Waals surface area contributed by atoms with Crippen molar-refractivity contribution in [1.29, 1.82) is 0 Å². The molecular weight excluding hydrogens is 1890 g/mol. The van der Waals surface area contributed by atoms with Gasteiger partial charge in [-0.2, -0.15) is 78.2 Å². The topological polar surface area (TPSA) is 862 Å². The van der Waals surface area contributed by atoms with Crippen LogP contribution in [0.3, 0.4) is 0 Å². The summed E-state index contributed by atoms with van der Waals surface area (Å²) in [5.41, 5.74) is 0. The van der Waals surface area contributed by atoms with Crippen molar-refractivity contribution in [3.8, 4) is 0 Å². The smallest absolute Gasteiger partial charge is 0.822 e. The van der Waals surface area contributed by atoms with Crippen molar-refractivity contribution < 1.29 is 299 Å². The average Bonchev–Trinajstić information content (AvgIpc) is 2.34. The molecule has 0 unspecified atom stereocenters. The molecule has 0 amide bonds. The molecule has 0 N–H and O–H groups in total. The molecule has 0 bridgehead atoms. The summed E-state index contributed by atoms with van der Waals surface area (Å²) in [6.45, 7) is 0. The van der Waals surface area contributed by atoms with Gasteiger partial charge in [0.1, 0.15) is 0 Å². The van der Waals surface area contributed by atoms with Gasteiger partial charge < -0.3 is 192 Å². The largest absolute Gasteiger partial charge is 5.00 e. The van der Waals surface area contributed by atoms with Crippen LogP contribution in [-0.4, -0.2) is 81.9 Å². The van der Waals surface area contributed by atoms with Crippen molar-refractivity contribution in [3.63, 3.8) is 0 Å². The van der Waals surface area contributed by atoms with Crippen molar-refractivity contribution in [2.45, 2.75) is 0 Å². The third kappa shape index (κ3) is 5050. The van der Waals surface area contributed by atoms with Crippen LogP contribution in [0.2, 0.25) is 0 Å². The van der Waals surface area contributed by atoms with Gasteiger partial charge in [-0.1, -0.05) is 0 Å². The molecule has 59 heteroatoms. The van der Waals surface area contributed by atoms with Crippen LogP contribution in [0.5, 0.6) is 0 Å². The van der Waals surface area contributed by atoms with E-state index < -0.39 is 78.2 Å². The van der Waals surface area contributed by atoms with Gasteiger partial charge in [0, 0.05) is 0 Å². The minimum Gasteiger partial charge on any atom is -0.822 e. The molecule has 0 aromatic rings. The van der Waals surface area contributed by atoms with Gasteiger partial charge in [-0.3, -0.25) is 0 Å². The second-order valence-electron chi connectivity index (χ2n) is 4.47. The maximum atomic E-state index is 8.55. The number of hydrogen-bond acceptors (Lipinski definition) is 40. The molecule has 0 heterocycles. The minimum atomic E-state index is -5.39. The Labute approximate surface area is 453 Å². The number of hydrogen-bond donors (Lipinski definition) is 0. The molecule has 40 nitrogen and oxygen atoms in total. The van der Waals surface area contributed by atoms with Gasteiger partial charge in [0.2, 0.25) is 0 Å². The Morgan fingerprint density at radius 3 is 0.153 bits per heavy atom. The molecule has 341 valence electrons. The molecule has 9 radical (unpaired) electrons. The van der Waals surface area contributed by atoms with Crippen LogP contribution >= 0.6 is 78.2 Å². The van der Waals surface area contributed by atoms with Crippen LogP contribution in [0.4, 0.5) is 0 Å². The van der Waals surface area contributed by atoms with Gasteiger partial charge in [0.15, 0.2) is 0 Å². The van der Waals surface area contributed by atoms with Crippen LogP contribution in [0.15, 0.2) is 0 Å². The maximum absolute atomic E-state index is 8.55. The summed E-state index contributed by atoms with van der Waals surface area (Å²) in [7, 11) is -53.9. The van der Waals surface area contributed by atoms with E-state index in [2.05, 4.69) is 0 Å². The summed E-state index contributed by atoms with van der Waals surface area (Å²) in [5.74, 6) is 0. The summed E-state index contributed by atoms with van der Waals surface area (Å²) in [6, 6.07) is 0. The van der Waals surface area contributed by atoms with Crippen LogP contribution in [0.25, 0.3) is 0 Å². The molecule has 0 rings (SSSR count). The molecule has 0 aromatic carbocycles. The van der Waals surface area contributed by atoms with Gasteiger partial charge in [-0.25, -0.2) is 0 Å². The first kappa shape index (κ1) is 126. The molecule has 0 aliphatic carbocycles. The Bertz CT molecular complexity index is 881. The summed E-state index contributed by atoms with van der Waals surface area (Å²) in [4.78, 5) is 256. The standard InChI is InChI=1S/3Fe.10H3O4P.3Pb.3V/c;;;10*1-5(2,3)4;;;;;;/h;;;10*(H3,1,2,3,4);;;;;;/q3*+3;;;;;;;;;;;3*+2;3*+5/p-30. The van der Waals surface area contributed by atoms with E-state index in [0.29, 0.717) is 0 Å². The molecule has 0 saturated heterocycles. The molecule has 0 aliphatic heterocycles. The third-order valence-corrected chi connectivity index (χ3v) is 0. The third-order valence-electron chi connectivity index (χ3n) is 0. The Balaban J connectivity index is -0.0000000174. The quantitative estimate of drug-likeness (QED) is 0.160. The van der Waals surface area contributed by atoms with Gasteiger partial charge in [-0.15, -0.1) is 0 Å². The SMILES string of the molecule is O=P([O-])([O-])[O-].O=P([O-])([O-])[O-].O=P([O-])([O-])[O-].O=P([O-])([O-])[O-].O=P([O-])([O-])[O-].O=P([O-])([O-])[O-].O=P([O-])([O-])[O-].O=P([O-])([O-])[O-].O=P([O-])([O-])[O-].O=P([O-])([O-])[O-].[Fe+3].[Fe+3].[Fe+3].[Pb+2].[Pb+2].[Pb+2].[V+5].[V+5].[V+5]. The number of phosphoric acid groups is 10. The summed E-state index contributed by atoms with van der Waals surface area (Å²) >= 11 is 0. The van der Waals surface area contributed by atoms with E-state index in [1.165, 1.54) is 0 Å². The fraction of sp³-hybridized carbons (Fsp3) is 0. The Morgan fingerprint density at radius 1 is 0.153 bits per heavy atom. The van der Waals surface area contributed by atoms with E-state index >= 15 is 0 Å². The van der Waals surface area contributed by atoms with Crippen molar-refractivity contribution in [2.24, 2.45) is 0 Å². The zero-order valence-electron chi connectivity index (χ0n) is 24.7. The minimum absolute atomic E-state index is 0. The van der Waals surface area contributed by atoms with Gasteiger partial charge in [0.25, 0.3) is 0 Å². The first-order valence-corrected chi connectivity index (χ1v) is 21.9. The van der Waals surface area contributed by atoms with Crippen molar-refractivity contribution >= 4 is 160 Å². The fourth-order valence-electron chi connectivity index (χ4n) is 0. The molecule has 0 spiro atoms. The first-order valence-electron chi connectivity index (χ1n) is 7.30. The van der Waals surface area contributed by atoms with Gasteiger partial charge in [-0.05, 0) is 0 Å². The predicted octanol–water partition coefficient (Wildman–Crippen LogP) is -29.4. The Kier molecular flexibility index (Phi) is 127.